The number of aromatic nitrogens is 5. The summed E-state index contributed by atoms with van der Waals surface area (Å²) in [6.07, 6.45) is 5.70. The first-order valence-electron chi connectivity index (χ1n) is 11.3. The average molecular weight is 432 g/mol. The van der Waals surface area contributed by atoms with Crippen LogP contribution in [0.4, 0.5) is 5.69 Å². The van der Waals surface area contributed by atoms with Gasteiger partial charge in [0.25, 0.3) is 5.56 Å². The van der Waals surface area contributed by atoms with Crippen LogP contribution in [-0.2, 0) is 6.42 Å². The molecule has 0 aromatic carbocycles. The van der Waals surface area contributed by atoms with Crippen molar-refractivity contribution in [1.29, 1.82) is 0 Å². The molecule has 1 N–H and O–H groups in total. The lowest BCUT2D eigenvalue weighted by atomic mass is 10.1. The fourth-order valence-corrected chi connectivity index (χ4v) is 4.68. The van der Waals surface area contributed by atoms with Crippen molar-refractivity contribution in [3.8, 4) is 11.4 Å². The van der Waals surface area contributed by atoms with Crippen LogP contribution >= 0.6 is 0 Å². The molecule has 4 aromatic heterocycles. The summed E-state index contributed by atoms with van der Waals surface area (Å²) in [4.78, 5) is 24.8. The van der Waals surface area contributed by atoms with Crippen molar-refractivity contribution in [2.75, 3.05) is 18.0 Å². The number of piperazine rings is 1. The minimum atomic E-state index is -0.108. The SMILES string of the molecule is CCCc1nc(C)cn2nc(-c3cc(=O)n4cc(N5C[C@@H](C)N[C@@H](C)C5)ccc4n3)cc12. The Kier molecular flexibility index (Phi) is 5.17. The highest BCUT2D eigenvalue weighted by Crippen LogP contribution is 2.22. The Morgan fingerprint density at radius 1 is 1.06 bits per heavy atom. The Balaban J connectivity index is 1.55. The van der Waals surface area contributed by atoms with Gasteiger partial charge in [0.1, 0.15) is 11.3 Å². The minimum absolute atomic E-state index is 0.108. The van der Waals surface area contributed by atoms with E-state index in [2.05, 4.69) is 36.0 Å². The molecule has 1 aliphatic rings. The van der Waals surface area contributed by atoms with E-state index in [1.807, 2.05) is 42.0 Å². The molecule has 0 unspecified atom stereocenters. The second kappa shape index (κ2) is 8.02. The predicted molar refractivity (Wildman–Crippen MR) is 126 cm³/mol. The van der Waals surface area contributed by atoms with E-state index in [-0.39, 0.29) is 5.56 Å². The number of anilines is 1. The van der Waals surface area contributed by atoms with E-state index < -0.39 is 0 Å². The number of rotatable bonds is 4. The largest absolute Gasteiger partial charge is 0.367 e. The lowest BCUT2D eigenvalue weighted by molar-refractivity contribution is 0.407. The lowest BCUT2D eigenvalue weighted by Gasteiger charge is -2.37. The van der Waals surface area contributed by atoms with E-state index in [0.717, 1.165) is 48.5 Å². The van der Waals surface area contributed by atoms with Gasteiger partial charge in [-0.3, -0.25) is 14.2 Å². The van der Waals surface area contributed by atoms with Gasteiger partial charge in [0.05, 0.1) is 34.5 Å². The second-order valence-corrected chi connectivity index (χ2v) is 8.91. The van der Waals surface area contributed by atoms with Crippen molar-refractivity contribution in [3.63, 3.8) is 0 Å². The molecule has 1 fully saturated rings. The maximum atomic E-state index is 13.0. The van der Waals surface area contributed by atoms with Crippen molar-refractivity contribution in [2.45, 2.75) is 52.6 Å². The third-order valence-corrected chi connectivity index (χ3v) is 5.97. The van der Waals surface area contributed by atoms with Gasteiger partial charge in [-0.15, -0.1) is 0 Å². The van der Waals surface area contributed by atoms with Crippen LogP contribution < -0.4 is 15.8 Å². The zero-order chi connectivity index (χ0) is 22.4. The summed E-state index contributed by atoms with van der Waals surface area (Å²) in [5.41, 5.74) is 5.72. The third-order valence-electron chi connectivity index (χ3n) is 5.97. The van der Waals surface area contributed by atoms with Crippen LogP contribution in [0.25, 0.3) is 22.6 Å². The molecule has 5 heterocycles. The molecular weight excluding hydrogens is 402 g/mol. The van der Waals surface area contributed by atoms with Gasteiger partial charge >= 0.3 is 0 Å². The van der Waals surface area contributed by atoms with Gasteiger partial charge in [-0.05, 0) is 45.4 Å². The zero-order valence-corrected chi connectivity index (χ0v) is 19.0. The van der Waals surface area contributed by atoms with Gasteiger partial charge in [0.2, 0.25) is 0 Å². The lowest BCUT2D eigenvalue weighted by Crippen LogP contribution is -2.54. The number of aryl methyl sites for hydroxylation is 2. The fourth-order valence-electron chi connectivity index (χ4n) is 4.68. The molecule has 32 heavy (non-hydrogen) atoms. The maximum absolute atomic E-state index is 13.0. The number of hydrogen-bond donors (Lipinski definition) is 1. The van der Waals surface area contributed by atoms with Gasteiger partial charge in [0, 0.05) is 37.4 Å². The smallest absolute Gasteiger partial charge is 0.258 e. The minimum Gasteiger partial charge on any atom is -0.367 e. The van der Waals surface area contributed by atoms with Crippen molar-refractivity contribution in [2.24, 2.45) is 0 Å². The quantitative estimate of drug-likeness (QED) is 0.535. The third kappa shape index (κ3) is 3.75. The Morgan fingerprint density at radius 2 is 1.84 bits per heavy atom. The van der Waals surface area contributed by atoms with E-state index in [9.17, 15) is 4.79 Å². The van der Waals surface area contributed by atoms with Gasteiger partial charge in [-0.25, -0.2) is 9.50 Å². The summed E-state index contributed by atoms with van der Waals surface area (Å²) >= 11 is 0. The molecule has 8 nitrogen and oxygen atoms in total. The molecule has 8 heteroatoms. The Morgan fingerprint density at radius 3 is 2.59 bits per heavy atom. The molecule has 1 saturated heterocycles. The Hall–Kier alpha value is -3.26. The fraction of sp³-hybridized carbons (Fsp3) is 0.417. The van der Waals surface area contributed by atoms with Crippen LogP contribution in [-0.4, -0.2) is 49.2 Å². The number of nitrogens with one attached hydrogen (secondary N) is 1. The molecule has 0 amide bonds. The number of pyridine rings is 1. The normalized spacial score (nSPS) is 19.2. The molecule has 2 atom stereocenters. The standard InChI is InChI=1S/C24H29N7O/c1-5-6-19-22-9-21(28-31(22)13-17(4)26-19)20-10-24(32)30-14-18(7-8-23(30)27-20)29-11-15(2)25-16(3)12-29/h7-10,13-16,25H,5-6,11-12H2,1-4H3/t15-,16+. The van der Waals surface area contributed by atoms with Crippen LogP contribution in [0.5, 0.6) is 0 Å². The van der Waals surface area contributed by atoms with Crippen LogP contribution in [0.1, 0.15) is 38.6 Å². The first-order chi connectivity index (χ1) is 15.4. The van der Waals surface area contributed by atoms with Gasteiger partial charge in [-0.1, -0.05) is 13.3 Å². The molecule has 166 valence electrons. The Labute approximate surface area is 186 Å². The zero-order valence-electron chi connectivity index (χ0n) is 19.0. The van der Waals surface area contributed by atoms with E-state index in [0.29, 0.717) is 29.1 Å². The molecule has 0 bridgehead atoms. The van der Waals surface area contributed by atoms with Crippen molar-refractivity contribution >= 4 is 16.9 Å². The molecule has 5 rings (SSSR count). The summed E-state index contributed by atoms with van der Waals surface area (Å²) in [5, 5.41) is 8.24. The van der Waals surface area contributed by atoms with Crippen molar-refractivity contribution in [1.82, 2.24) is 29.3 Å². The first kappa shape index (κ1) is 20.6. The van der Waals surface area contributed by atoms with Crippen LogP contribution in [0.3, 0.4) is 0 Å². The first-order valence-corrected chi connectivity index (χ1v) is 11.3. The molecule has 0 radical (unpaired) electrons. The summed E-state index contributed by atoms with van der Waals surface area (Å²) in [6.45, 7) is 10.3. The molecule has 0 spiro atoms. The predicted octanol–water partition coefficient (Wildman–Crippen LogP) is 2.85. The van der Waals surface area contributed by atoms with Gasteiger partial charge in [-0.2, -0.15) is 5.10 Å². The summed E-state index contributed by atoms with van der Waals surface area (Å²) in [6, 6.07) is 8.32. The topological polar surface area (TPSA) is 79.8 Å². The summed E-state index contributed by atoms with van der Waals surface area (Å²) in [5.74, 6) is 0. The highest BCUT2D eigenvalue weighted by atomic mass is 16.1. The highest BCUT2D eigenvalue weighted by Gasteiger charge is 2.21. The van der Waals surface area contributed by atoms with E-state index in [1.54, 1.807) is 10.5 Å². The molecule has 0 aliphatic carbocycles. The van der Waals surface area contributed by atoms with E-state index in [1.165, 1.54) is 0 Å². The summed E-state index contributed by atoms with van der Waals surface area (Å²) in [7, 11) is 0. The van der Waals surface area contributed by atoms with E-state index >= 15 is 0 Å². The molecule has 4 aromatic rings. The number of nitrogens with zero attached hydrogens (tertiary/aromatic N) is 6. The van der Waals surface area contributed by atoms with Crippen LogP contribution in [0.2, 0.25) is 0 Å². The second-order valence-electron chi connectivity index (χ2n) is 8.91. The van der Waals surface area contributed by atoms with Gasteiger partial charge < -0.3 is 10.2 Å². The van der Waals surface area contributed by atoms with Crippen LogP contribution in [0, 0.1) is 6.92 Å². The monoisotopic (exact) mass is 431 g/mol. The maximum Gasteiger partial charge on any atom is 0.258 e. The van der Waals surface area contributed by atoms with Crippen molar-refractivity contribution < 1.29 is 0 Å². The highest BCUT2D eigenvalue weighted by molar-refractivity contribution is 5.66. The number of fused-ring (bicyclic) bond motifs is 2. The van der Waals surface area contributed by atoms with Gasteiger partial charge in [0.15, 0.2) is 0 Å². The number of hydrogen-bond acceptors (Lipinski definition) is 6. The van der Waals surface area contributed by atoms with E-state index in [4.69, 9.17) is 10.1 Å². The summed E-state index contributed by atoms with van der Waals surface area (Å²) < 4.78 is 3.47. The van der Waals surface area contributed by atoms with Crippen molar-refractivity contribution in [3.05, 3.63) is 58.4 Å². The average Bonchev–Trinajstić information content (AvgIpc) is 3.17. The van der Waals surface area contributed by atoms with Crippen LogP contribution in [0.15, 0.2) is 41.5 Å². The molecular formula is C24H29N7O. The Bertz CT molecular complexity index is 1350. The molecule has 1 aliphatic heterocycles. The molecule has 0 saturated carbocycles.